The smallest absolute Gasteiger partial charge is 0.307 e. The van der Waals surface area contributed by atoms with Gasteiger partial charge in [-0.3, -0.25) is 9.59 Å². The number of aliphatic carboxylic acids is 1. The Morgan fingerprint density at radius 1 is 1.14 bits per heavy atom. The zero-order chi connectivity index (χ0) is 15.4. The van der Waals surface area contributed by atoms with Crippen molar-refractivity contribution in [2.75, 3.05) is 5.32 Å². The molecular weight excluding hydrogens is 317 g/mol. The number of hydrogen-bond acceptors (Lipinski definition) is 4. The van der Waals surface area contributed by atoms with Crippen molar-refractivity contribution in [3.63, 3.8) is 0 Å². The summed E-state index contributed by atoms with van der Waals surface area (Å²) in [5.74, 6) is -1.40. The van der Waals surface area contributed by atoms with E-state index in [1.807, 2.05) is 0 Å². The van der Waals surface area contributed by atoms with Crippen molar-refractivity contribution in [1.29, 1.82) is 0 Å². The third kappa shape index (κ3) is 4.14. The maximum Gasteiger partial charge on any atom is 0.307 e. The summed E-state index contributed by atoms with van der Waals surface area (Å²) in [5, 5.41) is 18.3. The molecule has 1 heterocycles. The van der Waals surface area contributed by atoms with Gasteiger partial charge in [0.1, 0.15) is 0 Å². The Bertz CT molecular complexity index is 690. The minimum atomic E-state index is -0.920. The summed E-state index contributed by atoms with van der Waals surface area (Å²) in [7, 11) is 0. The second kappa shape index (κ2) is 6.51. The molecule has 0 bridgehead atoms. The Morgan fingerprint density at radius 3 is 2.43 bits per heavy atom. The predicted octanol–water partition coefficient (Wildman–Crippen LogP) is 2.66. The van der Waals surface area contributed by atoms with E-state index in [1.54, 1.807) is 24.3 Å². The summed E-state index contributed by atoms with van der Waals surface area (Å²) in [5.41, 5.74) is 1.23. The van der Waals surface area contributed by atoms with Crippen molar-refractivity contribution < 1.29 is 14.7 Å². The molecule has 108 valence electrons. The van der Waals surface area contributed by atoms with Gasteiger partial charge in [0.05, 0.1) is 12.0 Å². The van der Waals surface area contributed by atoms with E-state index in [0.717, 1.165) is 0 Å². The van der Waals surface area contributed by atoms with E-state index in [0.29, 0.717) is 11.3 Å². The van der Waals surface area contributed by atoms with Crippen LogP contribution in [0.15, 0.2) is 30.3 Å². The molecule has 8 heteroatoms. The molecule has 0 aliphatic rings. The first kappa shape index (κ1) is 15.2. The highest BCUT2D eigenvalue weighted by Gasteiger charge is 2.13. The van der Waals surface area contributed by atoms with Crippen LogP contribution in [0.25, 0.3) is 0 Å². The monoisotopic (exact) mass is 325 g/mol. The highest BCUT2D eigenvalue weighted by atomic mass is 35.5. The Labute approximate surface area is 129 Å². The largest absolute Gasteiger partial charge is 0.481 e. The van der Waals surface area contributed by atoms with Crippen molar-refractivity contribution in [1.82, 2.24) is 10.2 Å². The molecule has 0 saturated carbocycles. The van der Waals surface area contributed by atoms with Crippen LogP contribution in [0.4, 0.5) is 5.69 Å². The number of nitrogens with one attached hydrogen (secondary N) is 1. The van der Waals surface area contributed by atoms with Gasteiger partial charge in [0.25, 0.3) is 5.91 Å². The molecule has 0 radical (unpaired) electrons. The van der Waals surface area contributed by atoms with Crippen LogP contribution in [0.5, 0.6) is 0 Å². The number of hydrogen-bond donors (Lipinski definition) is 2. The fraction of sp³-hybridized carbons (Fsp3) is 0.0769. The van der Waals surface area contributed by atoms with Gasteiger partial charge in [-0.25, -0.2) is 0 Å². The van der Waals surface area contributed by atoms with Crippen molar-refractivity contribution in [2.24, 2.45) is 0 Å². The molecule has 0 atom stereocenters. The zero-order valence-corrected chi connectivity index (χ0v) is 12.0. The Hall–Kier alpha value is -2.18. The predicted molar refractivity (Wildman–Crippen MR) is 77.8 cm³/mol. The number of rotatable bonds is 4. The highest BCUT2D eigenvalue weighted by molar-refractivity contribution is 6.34. The first-order chi connectivity index (χ1) is 9.95. The Kier molecular flexibility index (Phi) is 4.72. The maximum absolute atomic E-state index is 12.0. The van der Waals surface area contributed by atoms with Crippen LogP contribution in [0.2, 0.25) is 10.3 Å². The van der Waals surface area contributed by atoms with Gasteiger partial charge in [-0.05, 0) is 23.8 Å². The van der Waals surface area contributed by atoms with Crippen molar-refractivity contribution in [2.45, 2.75) is 6.42 Å². The molecule has 0 aliphatic carbocycles. The molecule has 0 saturated heterocycles. The number of aromatic nitrogens is 2. The summed E-state index contributed by atoms with van der Waals surface area (Å²) < 4.78 is 0. The summed E-state index contributed by atoms with van der Waals surface area (Å²) in [6, 6.07) is 7.73. The van der Waals surface area contributed by atoms with Crippen LogP contribution in [-0.4, -0.2) is 27.2 Å². The number of carboxylic acid groups (broad SMARTS) is 1. The topological polar surface area (TPSA) is 92.2 Å². The fourth-order valence-electron chi connectivity index (χ4n) is 1.59. The molecular formula is C13H9Cl2N3O3. The molecule has 0 spiro atoms. The van der Waals surface area contributed by atoms with Gasteiger partial charge >= 0.3 is 5.97 Å². The van der Waals surface area contributed by atoms with Crippen LogP contribution >= 0.6 is 23.2 Å². The molecule has 0 unspecified atom stereocenters. The van der Waals surface area contributed by atoms with E-state index in [1.165, 1.54) is 6.07 Å². The average Bonchev–Trinajstić information content (AvgIpc) is 2.43. The number of carbonyl (C=O) groups is 2. The van der Waals surface area contributed by atoms with Gasteiger partial charge in [0, 0.05) is 5.69 Å². The number of anilines is 1. The molecule has 6 nitrogen and oxygen atoms in total. The lowest BCUT2D eigenvalue weighted by Gasteiger charge is -2.07. The lowest BCUT2D eigenvalue weighted by Crippen LogP contribution is -2.13. The quantitative estimate of drug-likeness (QED) is 0.901. The number of benzene rings is 1. The number of nitrogens with zero attached hydrogens (tertiary/aromatic N) is 2. The van der Waals surface area contributed by atoms with Gasteiger partial charge in [-0.2, -0.15) is 0 Å². The van der Waals surface area contributed by atoms with Crippen molar-refractivity contribution in [3.05, 3.63) is 51.8 Å². The first-order valence-electron chi connectivity index (χ1n) is 5.76. The summed E-state index contributed by atoms with van der Waals surface area (Å²) in [6.45, 7) is 0. The van der Waals surface area contributed by atoms with Crippen LogP contribution in [-0.2, 0) is 11.2 Å². The van der Waals surface area contributed by atoms with Gasteiger partial charge in [-0.15, -0.1) is 10.2 Å². The Balaban J connectivity index is 2.12. The number of carbonyl (C=O) groups excluding carboxylic acids is 1. The van der Waals surface area contributed by atoms with E-state index < -0.39 is 11.9 Å². The minimum Gasteiger partial charge on any atom is -0.481 e. The second-order valence-electron chi connectivity index (χ2n) is 4.09. The van der Waals surface area contributed by atoms with E-state index in [2.05, 4.69) is 15.5 Å². The average molecular weight is 326 g/mol. The van der Waals surface area contributed by atoms with Crippen molar-refractivity contribution >= 4 is 40.8 Å². The molecule has 2 aromatic rings. The number of halogens is 2. The number of carboxylic acids is 1. The molecule has 1 amide bonds. The van der Waals surface area contributed by atoms with E-state index in [4.69, 9.17) is 28.3 Å². The van der Waals surface area contributed by atoms with Crippen LogP contribution in [0, 0.1) is 0 Å². The van der Waals surface area contributed by atoms with E-state index in [-0.39, 0.29) is 22.3 Å². The lowest BCUT2D eigenvalue weighted by atomic mass is 10.1. The summed E-state index contributed by atoms with van der Waals surface area (Å²) in [6.07, 6.45) is -0.0794. The Morgan fingerprint density at radius 2 is 1.81 bits per heavy atom. The zero-order valence-electron chi connectivity index (χ0n) is 10.5. The van der Waals surface area contributed by atoms with Gasteiger partial charge in [-0.1, -0.05) is 35.3 Å². The van der Waals surface area contributed by atoms with Gasteiger partial charge in [0.2, 0.25) is 0 Å². The third-order valence-electron chi connectivity index (χ3n) is 2.53. The summed E-state index contributed by atoms with van der Waals surface area (Å²) >= 11 is 11.4. The van der Waals surface area contributed by atoms with Crippen LogP contribution in [0.1, 0.15) is 15.9 Å². The van der Waals surface area contributed by atoms with E-state index >= 15 is 0 Å². The van der Waals surface area contributed by atoms with E-state index in [9.17, 15) is 9.59 Å². The minimum absolute atomic E-state index is 0.0561. The molecule has 0 fully saturated rings. The molecule has 1 aromatic carbocycles. The first-order valence-corrected chi connectivity index (χ1v) is 6.52. The summed E-state index contributed by atoms with van der Waals surface area (Å²) in [4.78, 5) is 22.6. The van der Waals surface area contributed by atoms with Gasteiger partial charge in [0.15, 0.2) is 10.3 Å². The third-order valence-corrected chi connectivity index (χ3v) is 2.99. The normalized spacial score (nSPS) is 10.2. The molecule has 2 N–H and O–H groups in total. The lowest BCUT2D eigenvalue weighted by molar-refractivity contribution is -0.136. The maximum atomic E-state index is 12.0. The fourth-order valence-corrected chi connectivity index (χ4v) is 1.92. The standard InChI is InChI=1S/C13H9Cl2N3O3/c14-10-6-9(12(15)18-17-10)13(21)16-8-3-1-7(2-4-8)5-11(19)20/h1-4,6H,5H2,(H,16,21)(H,19,20). The van der Waals surface area contributed by atoms with Gasteiger partial charge < -0.3 is 10.4 Å². The highest BCUT2D eigenvalue weighted by Crippen LogP contribution is 2.18. The van der Waals surface area contributed by atoms with Crippen LogP contribution < -0.4 is 5.32 Å². The second-order valence-corrected chi connectivity index (χ2v) is 4.84. The van der Waals surface area contributed by atoms with Crippen LogP contribution in [0.3, 0.4) is 0 Å². The molecule has 21 heavy (non-hydrogen) atoms. The van der Waals surface area contributed by atoms with Crippen molar-refractivity contribution in [3.8, 4) is 0 Å². The number of amides is 1. The molecule has 0 aliphatic heterocycles. The molecule has 2 rings (SSSR count). The SMILES string of the molecule is O=C(O)Cc1ccc(NC(=O)c2cc(Cl)nnc2Cl)cc1. The molecule has 1 aromatic heterocycles.